The van der Waals surface area contributed by atoms with Crippen LogP contribution in [-0.2, 0) is 4.79 Å². The Hall–Kier alpha value is -1.31. The van der Waals surface area contributed by atoms with E-state index in [2.05, 4.69) is 45.9 Å². The zero-order chi connectivity index (χ0) is 12.8. The van der Waals surface area contributed by atoms with Gasteiger partial charge in [0.2, 0.25) is 5.91 Å². The fourth-order valence-electron chi connectivity index (χ4n) is 3.22. The first-order valence-corrected chi connectivity index (χ1v) is 6.25. The molecule has 0 spiro atoms. The summed E-state index contributed by atoms with van der Waals surface area (Å²) in [5.41, 5.74) is 3.53. The Morgan fingerprint density at radius 2 is 2.06 bits per heavy atom. The predicted octanol–water partition coefficient (Wildman–Crippen LogP) is 3.63. The molecule has 2 rings (SSSR count). The lowest BCUT2D eigenvalue weighted by molar-refractivity contribution is -0.117. The normalized spacial score (nSPS) is 22.2. The van der Waals surface area contributed by atoms with Crippen LogP contribution in [0.5, 0.6) is 0 Å². The van der Waals surface area contributed by atoms with Gasteiger partial charge in [-0.2, -0.15) is 0 Å². The number of anilines is 1. The van der Waals surface area contributed by atoms with Crippen molar-refractivity contribution in [3.8, 4) is 0 Å². The molecule has 17 heavy (non-hydrogen) atoms. The third-order valence-corrected chi connectivity index (χ3v) is 3.75. The SMILES string of the molecule is CC(=O)N1c2c(C)cccc2C(C)CC1(C)C. The molecule has 0 fully saturated rings. The molecule has 0 radical (unpaired) electrons. The molecule has 1 aromatic rings. The van der Waals surface area contributed by atoms with Crippen molar-refractivity contribution >= 4 is 11.6 Å². The molecule has 2 nitrogen and oxygen atoms in total. The molecule has 1 aliphatic heterocycles. The number of fused-ring (bicyclic) bond motifs is 1. The number of carbonyl (C=O) groups is 1. The van der Waals surface area contributed by atoms with Crippen molar-refractivity contribution in [2.24, 2.45) is 0 Å². The van der Waals surface area contributed by atoms with E-state index in [1.165, 1.54) is 11.1 Å². The third kappa shape index (κ3) is 1.86. The van der Waals surface area contributed by atoms with E-state index in [9.17, 15) is 4.79 Å². The van der Waals surface area contributed by atoms with Gasteiger partial charge in [-0.3, -0.25) is 4.79 Å². The Labute approximate surface area is 104 Å². The summed E-state index contributed by atoms with van der Waals surface area (Å²) in [6, 6.07) is 6.32. The van der Waals surface area contributed by atoms with Crippen molar-refractivity contribution in [2.45, 2.75) is 52.5 Å². The number of rotatable bonds is 0. The monoisotopic (exact) mass is 231 g/mol. The Kier molecular flexibility index (Phi) is 2.76. The molecule has 1 amide bonds. The Bertz CT molecular complexity index is 462. The number of amides is 1. The minimum absolute atomic E-state index is 0.0929. The van der Waals surface area contributed by atoms with Crippen LogP contribution in [0.1, 0.15) is 51.2 Å². The summed E-state index contributed by atoms with van der Waals surface area (Å²) in [5, 5.41) is 0. The molecule has 2 heteroatoms. The molecule has 0 aromatic heterocycles. The summed E-state index contributed by atoms with van der Waals surface area (Å²) >= 11 is 0. The van der Waals surface area contributed by atoms with Gasteiger partial charge < -0.3 is 4.90 Å². The number of aryl methyl sites for hydroxylation is 1. The van der Waals surface area contributed by atoms with Crippen molar-refractivity contribution in [2.75, 3.05) is 4.90 Å². The first-order valence-electron chi connectivity index (χ1n) is 6.25. The molecule has 1 atom stereocenters. The largest absolute Gasteiger partial charge is 0.307 e. The highest BCUT2D eigenvalue weighted by Gasteiger charge is 2.39. The van der Waals surface area contributed by atoms with Gasteiger partial charge in [-0.15, -0.1) is 0 Å². The van der Waals surface area contributed by atoms with E-state index < -0.39 is 0 Å². The van der Waals surface area contributed by atoms with Crippen molar-refractivity contribution < 1.29 is 4.79 Å². The molecule has 92 valence electrons. The van der Waals surface area contributed by atoms with Gasteiger partial charge >= 0.3 is 0 Å². The second-order valence-electron chi connectivity index (χ2n) is 5.78. The third-order valence-electron chi connectivity index (χ3n) is 3.75. The van der Waals surface area contributed by atoms with Gasteiger partial charge in [-0.1, -0.05) is 25.1 Å². The van der Waals surface area contributed by atoms with Crippen molar-refractivity contribution in [1.82, 2.24) is 0 Å². The lowest BCUT2D eigenvalue weighted by Crippen LogP contribution is -2.51. The summed E-state index contributed by atoms with van der Waals surface area (Å²) in [4.78, 5) is 13.9. The number of carbonyl (C=O) groups excluding carboxylic acids is 1. The first-order chi connectivity index (χ1) is 7.84. The molecule has 0 N–H and O–H groups in total. The summed E-state index contributed by atoms with van der Waals surface area (Å²) in [6.45, 7) is 10.3. The molecule has 0 bridgehead atoms. The summed E-state index contributed by atoms with van der Waals surface area (Å²) in [5.74, 6) is 0.646. The zero-order valence-corrected chi connectivity index (χ0v) is 11.4. The highest BCUT2D eigenvalue weighted by Crippen LogP contribution is 2.44. The van der Waals surface area contributed by atoms with Crippen molar-refractivity contribution in [3.63, 3.8) is 0 Å². The number of hydrogen-bond donors (Lipinski definition) is 0. The molecule has 0 saturated heterocycles. The summed E-state index contributed by atoms with van der Waals surface area (Å²) in [7, 11) is 0. The van der Waals surface area contributed by atoms with E-state index >= 15 is 0 Å². The number of nitrogens with zero attached hydrogens (tertiary/aromatic N) is 1. The second-order valence-corrected chi connectivity index (χ2v) is 5.78. The quantitative estimate of drug-likeness (QED) is 0.667. The minimum atomic E-state index is -0.0929. The first kappa shape index (κ1) is 12.2. The van der Waals surface area contributed by atoms with E-state index in [1.54, 1.807) is 6.92 Å². The average molecular weight is 231 g/mol. The number of hydrogen-bond acceptors (Lipinski definition) is 1. The standard InChI is InChI=1S/C15H21NO/c1-10-7-6-8-13-11(2)9-15(4,5)16(12(3)17)14(10)13/h6-8,11H,9H2,1-5H3. The van der Waals surface area contributed by atoms with Crippen LogP contribution in [0.3, 0.4) is 0 Å². The molecule has 1 unspecified atom stereocenters. The van der Waals surface area contributed by atoms with Crippen LogP contribution in [0.25, 0.3) is 0 Å². The molecule has 1 aliphatic rings. The number of para-hydroxylation sites is 1. The lowest BCUT2D eigenvalue weighted by Gasteiger charge is -2.46. The van der Waals surface area contributed by atoms with E-state index in [0.717, 1.165) is 12.1 Å². The molecule has 0 saturated carbocycles. The van der Waals surface area contributed by atoms with Crippen LogP contribution in [0.4, 0.5) is 5.69 Å². The van der Waals surface area contributed by atoms with Gasteiger partial charge in [0.15, 0.2) is 0 Å². The van der Waals surface area contributed by atoms with E-state index in [-0.39, 0.29) is 11.4 Å². The van der Waals surface area contributed by atoms with Crippen LogP contribution in [0, 0.1) is 6.92 Å². The van der Waals surface area contributed by atoms with E-state index in [4.69, 9.17) is 0 Å². The predicted molar refractivity (Wildman–Crippen MR) is 71.5 cm³/mol. The van der Waals surface area contributed by atoms with Crippen LogP contribution in [0.2, 0.25) is 0 Å². The van der Waals surface area contributed by atoms with Crippen LogP contribution < -0.4 is 4.90 Å². The molecule has 0 aliphatic carbocycles. The zero-order valence-electron chi connectivity index (χ0n) is 11.4. The van der Waals surface area contributed by atoms with Gasteiger partial charge in [0.25, 0.3) is 0 Å². The van der Waals surface area contributed by atoms with Gasteiger partial charge in [0.05, 0.1) is 5.69 Å². The number of benzene rings is 1. The Morgan fingerprint density at radius 3 is 2.65 bits per heavy atom. The molecule has 1 aromatic carbocycles. The Balaban J connectivity index is 2.68. The van der Waals surface area contributed by atoms with Gasteiger partial charge in [0, 0.05) is 12.5 Å². The fraction of sp³-hybridized carbons (Fsp3) is 0.533. The smallest absolute Gasteiger partial charge is 0.224 e. The van der Waals surface area contributed by atoms with Crippen LogP contribution in [0.15, 0.2) is 18.2 Å². The van der Waals surface area contributed by atoms with Crippen molar-refractivity contribution in [1.29, 1.82) is 0 Å². The maximum absolute atomic E-state index is 12.0. The Morgan fingerprint density at radius 1 is 1.41 bits per heavy atom. The maximum atomic E-state index is 12.0. The lowest BCUT2D eigenvalue weighted by atomic mass is 9.79. The topological polar surface area (TPSA) is 20.3 Å². The van der Waals surface area contributed by atoms with Crippen LogP contribution >= 0.6 is 0 Å². The van der Waals surface area contributed by atoms with Gasteiger partial charge in [-0.25, -0.2) is 0 Å². The molecular formula is C15H21NO. The van der Waals surface area contributed by atoms with E-state index in [1.807, 2.05) is 4.90 Å². The minimum Gasteiger partial charge on any atom is -0.307 e. The maximum Gasteiger partial charge on any atom is 0.224 e. The molecule has 1 heterocycles. The summed E-state index contributed by atoms with van der Waals surface area (Å²) in [6.07, 6.45) is 1.02. The van der Waals surface area contributed by atoms with Gasteiger partial charge in [-0.05, 0) is 44.2 Å². The molecular weight excluding hydrogens is 210 g/mol. The van der Waals surface area contributed by atoms with E-state index in [0.29, 0.717) is 5.92 Å². The van der Waals surface area contributed by atoms with Gasteiger partial charge in [0.1, 0.15) is 0 Å². The highest BCUT2D eigenvalue weighted by molar-refractivity contribution is 5.95. The fourth-order valence-corrected chi connectivity index (χ4v) is 3.22. The average Bonchev–Trinajstić information content (AvgIpc) is 2.17. The highest BCUT2D eigenvalue weighted by atomic mass is 16.2. The van der Waals surface area contributed by atoms with Crippen LogP contribution in [-0.4, -0.2) is 11.4 Å². The summed E-state index contributed by atoms with van der Waals surface area (Å²) < 4.78 is 0. The van der Waals surface area contributed by atoms with Crippen molar-refractivity contribution in [3.05, 3.63) is 29.3 Å². The second kappa shape index (κ2) is 3.86.